The highest BCUT2D eigenvalue weighted by molar-refractivity contribution is 6.01. The van der Waals surface area contributed by atoms with Gasteiger partial charge in [0, 0.05) is 5.92 Å². The fraction of sp³-hybridized carbons (Fsp3) is 0.400. The van der Waals surface area contributed by atoms with Gasteiger partial charge in [0.2, 0.25) is 5.91 Å². The SMILES string of the molecule is CC(Cc1ccccc1)C(=O)CC(=O)CNC(=O)CN. The van der Waals surface area contributed by atoms with Gasteiger partial charge < -0.3 is 11.1 Å². The third kappa shape index (κ3) is 5.75. The summed E-state index contributed by atoms with van der Waals surface area (Å²) in [4.78, 5) is 34.4. The van der Waals surface area contributed by atoms with Gasteiger partial charge in [0.15, 0.2) is 5.78 Å². The van der Waals surface area contributed by atoms with Gasteiger partial charge in [-0.05, 0) is 12.0 Å². The molecule has 0 spiro atoms. The molecular weight excluding hydrogens is 256 g/mol. The quantitative estimate of drug-likeness (QED) is 0.675. The molecule has 0 radical (unpaired) electrons. The van der Waals surface area contributed by atoms with Gasteiger partial charge in [-0.25, -0.2) is 0 Å². The molecule has 1 rings (SSSR count). The predicted molar refractivity (Wildman–Crippen MR) is 76.0 cm³/mol. The number of amides is 1. The molecule has 1 amide bonds. The number of carbonyl (C=O) groups is 3. The summed E-state index contributed by atoms with van der Waals surface area (Å²) in [6, 6.07) is 9.65. The topological polar surface area (TPSA) is 89.3 Å². The molecule has 0 saturated carbocycles. The number of nitrogens with one attached hydrogen (secondary N) is 1. The monoisotopic (exact) mass is 276 g/mol. The molecule has 1 atom stereocenters. The number of carbonyl (C=O) groups excluding carboxylic acids is 3. The Morgan fingerprint density at radius 1 is 1.20 bits per heavy atom. The largest absolute Gasteiger partial charge is 0.348 e. The molecule has 3 N–H and O–H groups in total. The molecular formula is C15H20N2O3. The molecule has 1 unspecified atom stereocenters. The molecule has 0 aliphatic heterocycles. The van der Waals surface area contributed by atoms with Gasteiger partial charge in [-0.1, -0.05) is 37.3 Å². The molecule has 108 valence electrons. The Labute approximate surface area is 118 Å². The van der Waals surface area contributed by atoms with Crippen LogP contribution in [0.3, 0.4) is 0 Å². The van der Waals surface area contributed by atoms with Crippen LogP contribution in [0.25, 0.3) is 0 Å². The van der Waals surface area contributed by atoms with E-state index in [2.05, 4.69) is 5.32 Å². The van der Waals surface area contributed by atoms with Crippen molar-refractivity contribution in [3.8, 4) is 0 Å². The first-order valence-electron chi connectivity index (χ1n) is 6.58. The van der Waals surface area contributed by atoms with Crippen LogP contribution in [0.2, 0.25) is 0 Å². The molecule has 20 heavy (non-hydrogen) atoms. The highest BCUT2D eigenvalue weighted by atomic mass is 16.2. The van der Waals surface area contributed by atoms with E-state index in [1.807, 2.05) is 30.3 Å². The molecule has 0 saturated heterocycles. The van der Waals surface area contributed by atoms with Gasteiger partial charge in [0.1, 0.15) is 5.78 Å². The van der Waals surface area contributed by atoms with E-state index < -0.39 is 5.91 Å². The highest BCUT2D eigenvalue weighted by Crippen LogP contribution is 2.10. The molecule has 0 fully saturated rings. The Hall–Kier alpha value is -2.01. The van der Waals surface area contributed by atoms with Gasteiger partial charge in [-0.2, -0.15) is 0 Å². The van der Waals surface area contributed by atoms with Crippen molar-refractivity contribution in [2.75, 3.05) is 13.1 Å². The number of hydrogen-bond donors (Lipinski definition) is 2. The first-order chi connectivity index (χ1) is 9.52. The number of benzene rings is 1. The molecule has 1 aromatic carbocycles. The molecule has 0 aliphatic carbocycles. The lowest BCUT2D eigenvalue weighted by molar-refractivity contribution is -0.130. The molecule has 5 heteroatoms. The van der Waals surface area contributed by atoms with Crippen LogP contribution in [0.15, 0.2) is 30.3 Å². The van der Waals surface area contributed by atoms with Crippen molar-refractivity contribution in [3.05, 3.63) is 35.9 Å². The maximum absolute atomic E-state index is 11.9. The van der Waals surface area contributed by atoms with Crippen molar-refractivity contribution in [1.82, 2.24) is 5.32 Å². The van der Waals surface area contributed by atoms with Crippen LogP contribution in [-0.4, -0.2) is 30.6 Å². The summed E-state index contributed by atoms with van der Waals surface area (Å²) in [6.45, 7) is 1.51. The molecule has 1 aromatic rings. The molecule has 0 heterocycles. The minimum absolute atomic E-state index is 0.110. The number of Topliss-reactive ketones (excluding diaryl/α,β-unsaturated/α-hetero) is 2. The van der Waals surface area contributed by atoms with Crippen LogP contribution in [0.1, 0.15) is 18.9 Å². The van der Waals surface area contributed by atoms with Crippen LogP contribution in [0.4, 0.5) is 0 Å². The third-order valence-corrected chi connectivity index (χ3v) is 2.97. The van der Waals surface area contributed by atoms with Crippen molar-refractivity contribution < 1.29 is 14.4 Å². The van der Waals surface area contributed by atoms with Gasteiger partial charge in [0.25, 0.3) is 0 Å². The van der Waals surface area contributed by atoms with E-state index >= 15 is 0 Å². The zero-order valence-electron chi connectivity index (χ0n) is 11.6. The highest BCUT2D eigenvalue weighted by Gasteiger charge is 2.17. The van der Waals surface area contributed by atoms with Crippen LogP contribution >= 0.6 is 0 Å². The van der Waals surface area contributed by atoms with Gasteiger partial charge in [-0.15, -0.1) is 0 Å². The summed E-state index contributed by atoms with van der Waals surface area (Å²) in [5.41, 5.74) is 6.17. The van der Waals surface area contributed by atoms with Crippen molar-refractivity contribution in [1.29, 1.82) is 0 Å². The minimum Gasteiger partial charge on any atom is -0.348 e. The van der Waals surface area contributed by atoms with Crippen molar-refractivity contribution >= 4 is 17.5 Å². The third-order valence-electron chi connectivity index (χ3n) is 2.97. The number of nitrogens with two attached hydrogens (primary N) is 1. The van der Waals surface area contributed by atoms with Crippen LogP contribution < -0.4 is 11.1 Å². The number of ketones is 2. The second kappa shape index (κ2) is 8.22. The maximum atomic E-state index is 11.9. The minimum atomic E-state index is -0.400. The summed E-state index contributed by atoms with van der Waals surface area (Å²) < 4.78 is 0. The lowest BCUT2D eigenvalue weighted by Gasteiger charge is -2.10. The zero-order chi connectivity index (χ0) is 15.0. The fourth-order valence-electron chi connectivity index (χ4n) is 1.78. The second-order valence-electron chi connectivity index (χ2n) is 4.75. The Morgan fingerprint density at radius 2 is 1.85 bits per heavy atom. The summed E-state index contributed by atoms with van der Waals surface area (Å²) in [5, 5.41) is 2.36. The van der Waals surface area contributed by atoms with Crippen molar-refractivity contribution in [3.63, 3.8) is 0 Å². The van der Waals surface area contributed by atoms with Crippen molar-refractivity contribution in [2.24, 2.45) is 11.7 Å². The lowest BCUT2D eigenvalue weighted by atomic mass is 9.94. The van der Waals surface area contributed by atoms with Crippen molar-refractivity contribution in [2.45, 2.75) is 19.8 Å². The molecule has 0 aliphatic rings. The van der Waals surface area contributed by atoms with Crippen LogP contribution in [-0.2, 0) is 20.8 Å². The number of hydrogen-bond acceptors (Lipinski definition) is 4. The predicted octanol–water partition coefficient (Wildman–Crippen LogP) is 0.468. The summed E-state index contributed by atoms with van der Waals surface area (Å²) in [5.74, 6) is -1.02. The smallest absolute Gasteiger partial charge is 0.234 e. The standard InChI is InChI=1S/C15H20N2O3/c1-11(7-12-5-3-2-4-6-12)14(19)8-13(18)10-17-15(20)9-16/h2-6,11H,7-10,16H2,1H3,(H,17,20). The number of rotatable bonds is 8. The Bertz CT molecular complexity index is 471. The second-order valence-corrected chi connectivity index (χ2v) is 4.75. The average Bonchev–Trinajstić information content (AvgIpc) is 2.45. The summed E-state index contributed by atoms with van der Waals surface area (Å²) in [6.07, 6.45) is 0.459. The molecule has 5 nitrogen and oxygen atoms in total. The Balaban J connectivity index is 2.38. The van der Waals surface area contributed by atoms with E-state index in [0.717, 1.165) is 5.56 Å². The van der Waals surface area contributed by atoms with E-state index in [1.165, 1.54) is 0 Å². The van der Waals surface area contributed by atoms with E-state index in [9.17, 15) is 14.4 Å². The maximum Gasteiger partial charge on any atom is 0.234 e. The first kappa shape index (κ1) is 16.0. The zero-order valence-corrected chi connectivity index (χ0v) is 11.6. The summed E-state index contributed by atoms with van der Waals surface area (Å²) in [7, 11) is 0. The van der Waals surface area contributed by atoms with Gasteiger partial charge in [0.05, 0.1) is 19.5 Å². The fourth-order valence-corrected chi connectivity index (χ4v) is 1.78. The first-order valence-corrected chi connectivity index (χ1v) is 6.58. The Kier molecular flexibility index (Phi) is 6.59. The van der Waals surface area contributed by atoms with Gasteiger partial charge >= 0.3 is 0 Å². The lowest BCUT2D eigenvalue weighted by Crippen LogP contribution is -2.35. The van der Waals surface area contributed by atoms with Crippen LogP contribution in [0.5, 0.6) is 0 Å². The normalized spacial score (nSPS) is 11.7. The van der Waals surface area contributed by atoms with Crippen LogP contribution in [0, 0.1) is 5.92 Å². The summed E-state index contributed by atoms with van der Waals surface area (Å²) >= 11 is 0. The van der Waals surface area contributed by atoms with E-state index in [-0.39, 0.29) is 37.0 Å². The van der Waals surface area contributed by atoms with E-state index in [4.69, 9.17) is 5.73 Å². The molecule has 0 aromatic heterocycles. The van der Waals surface area contributed by atoms with E-state index in [1.54, 1.807) is 6.92 Å². The average molecular weight is 276 g/mol. The van der Waals surface area contributed by atoms with Gasteiger partial charge in [-0.3, -0.25) is 14.4 Å². The van der Waals surface area contributed by atoms with E-state index in [0.29, 0.717) is 6.42 Å². The molecule has 0 bridgehead atoms. The Morgan fingerprint density at radius 3 is 2.45 bits per heavy atom.